The lowest BCUT2D eigenvalue weighted by Gasteiger charge is -2.06. The van der Waals surface area contributed by atoms with Crippen molar-refractivity contribution in [3.63, 3.8) is 0 Å². The number of aromatic amines is 1. The van der Waals surface area contributed by atoms with Crippen molar-refractivity contribution in [2.75, 3.05) is 0 Å². The maximum atomic E-state index is 13.1. The average molecular weight is 267 g/mol. The van der Waals surface area contributed by atoms with Crippen LogP contribution >= 0.6 is 11.6 Å². The van der Waals surface area contributed by atoms with Crippen molar-refractivity contribution in [2.24, 2.45) is 0 Å². The van der Waals surface area contributed by atoms with Gasteiger partial charge in [0.05, 0.1) is 10.7 Å². The molecule has 1 N–H and O–H groups in total. The Morgan fingerprint density at radius 1 is 1.44 bits per heavy atom. The van der Waals surface area contributed by atoms with Crippen LogP contribution in [0.25, 0.3) is 11.4 Å². The van der Waals surface area contributed by atoms with Crippen molar-refractivity contribution in [3.8, 4) is 11.4 Å². The molecule has 0 aliphatic rings. The molecule has 2 aromatic rings. The van der Waals surface area contributed by atoms with Gasteiger partial charge in [-0.25, -0.2) is 9.37 Å². The molecule has 94 valence electrons. The number of hydrogen-bond donors (Lipinski definition) is 1. The summed E-state index contributed by atoms with van der Waals surface area (Å²) in [4.78, 5) is 18.8. The standard InChI is InChI=1S/C13H12ClFN2O/c1-3-11-7(2)13(18)17-12(16-11)8-4-5-10(15)9(14)6-8/h4-6H,3H2,1-2H3,(H,16,17,18). The van der Waals surface area contributed by atoms with Crippen LogP contribution in [-0.4, -0.2) is 9.97 Å². The Labute approximate surface area is 109 Å². The first kappa shape index (κ1) is 12.8. The highest BCUT2D eigenvalue weighted by molar-refractivity contribution is 6.31. The summed E-state index contributed by atoms with van der Waals surface area (Å²) < 4.78 is 13.1. The third-order valence-corrected chi connectivity index (χ3v) is 3.07. The lowest BCUT2D eigenvalue weighted by Crippen LogP contribution is -2.15. The minimum Gasteiger partial charge on any atom is -0.306 e. The molecule has 1 aromatic carbocycles. The first-order valence-electron chi connectivity index (χ1n) is 5.58. The molecule has 0 spiro atoms. The van der Waals surface area contributed by atoms with Gasteiger partial charge in [0, 0.05) is 11.1 Å². The van der Waals surface area contributed by atoms with E-state index >= 15 is 0 Å². The summed E-state index contributed by atoms with van der Waals surface area (Å²) in [7, 11) is 0. The topological polar surface area (TPSA) is 45.8 Å². The number of aryl methyl sites for hydroxylation is 1. The first-order valence-corrected chi connectivity index (χ1v) is 5.96. The summed E-state index contributed by atoms with van der Waals surface area (Å²) in [6.45, 7) is 3.66. The van der Waals surface area contributed by atoms with Crippen LogP contribution in [0.1, 0.15) is 18.2 Å². The summed E-state index contributed by atoms with van der Waals surface area (Å²) in [5.74, 6) is -0.0880. The quantitative estimate of drug-likeness (QED) is 0.908. The van der Waals surface area contributed by atoms with Gasteiger partial charge in [-0.3, -0.25) is 4.79 Å². The van der Waals surface area contributed by atoms with Gasteiger partial charge in [-0.15, -0.1) is 0 Å². The van der Waals surface area contributed by atoms with E-state index < -0.39 is 5.82 Å². The van der Waals surface area contributed by atoms with E-state index in [1.165, 1.54) is 18.2 Å². The van der Waals surface area contributed by atoms with Gasteiger partial charge >= 0.3 is 0 Å². The van der Waals surface area contributed by atoms with Crippen molar-refractivity contribution in [1.29, 1.82) is 0 Å². The molecule has 0 unspecified atom stereocenters. The van der Waals surface area contributed by atoms with Crippen LogP contribution < -0.4 is 5.56 Å². The minimum absolute atomic E-state index is 0.00812. The van der Waals surface area contributed by atoms with Crippen LogP contribution in [0, 0.1) is 12.7 Å². The molecule has 0 atom stereocenters. The van der Waals surface area contributed by atoms with Gasteiger partial charge in [-0.1, -0.05) is 18.5 Å². The zero-order valence-electron chi connectivity index (χ0n) is 10.1. The fourth-order valence-corrected chi connectivity index (χ4v) is 1.88. The van der Waals surface area contributed by atoms with Crippen molar-refractivity contribution in [1.82, 2.24) is 9.97 Å². The third kappa shape index (κ3) is 2.29. The molecule has 0 saturated heterocycles. The predicted octanol–water partition coefficient (Wildman–Crippen LogP) is 3.10. The number of H-pyrrole nitrogens is 1. The maximum absolute atomic E-state index is 13.1. The van der Waals surface area contributed by atoms with Gasteiger partial charge in [0.15, 0.2) is 0 Å². The molecule has 0 saturated carbocycles. The van der Waals surface area contributed by atoms with Gasteiger partial charge in [0.2, 0.25) is 0 Å². The van der Waals surface area contributed by atoms with Gasteiger partial charge in [0.1, 0.15) is 11.6 Å². The van der Waals surface area contributed by atoms with Crippen molar-refractivity contribution >= 4 is 11.6 Å². The molecule has 1 aromatic heterocycles. The molecule has 0 aliphatic carbocycles. The second-order valence-electron chi connectivity index (χ2n) is 3.97. The largest absolute Gasteiger partial charge is 0.306 e. The summed E-state index contributed by atoms with van der Waals surface area (Å²) in [5.41, 5.74) is 1.74. The second kappa shape index (κ2) is 4.90. The summed E-state index contributed by atoms with van der Waals surface area (Å²) in [6.07, 6.45) is 0.664. The number of nitrogens with zero attached hydrogens (tertiary/aromatic N) is 1. The Kier molecular flexibility index (Phi) is 3.48. The first-order chi connectivity index (χ1) is 8.52. The smallest absolute Gasteiger partial charge is 0.254 e. The van der Waals surface area contributed by atoms with Crippen LogP contribution in [0.3, 0.4) is 0 Å². The van der Waals surface area contributed by atoms with Crippen LogP contribution in [0.4, 0.5) is 4.39 Å². The van der Waals surface area contributed by atoms with E-state index in [2.05, 4.69) is 9.97 Å². The van der Waals surface area contributed by atoms with Gasteiger partial charge in [-0.05, 0) is 31.5 Å². The molecule has 0 aliphatic heterocycles. The Morgan fingerprint density at radius 2 is 2.17 bits per heavy atom. The van der Waals surface area contributed by atoms with E-state index in [9.17, 15) is 9.18 Å². The molecular formula is C13H12ClFN2O. The lowest BCUT2D eigenvalue weighted by atomic mass is 10.1. The monoisotopic (exact) mass is 266 g/mol. The lowest BCUT2D eigenvalue weighted by molar-refractivity contribution is 0.628. The molecular weight excluding hydrogens is 255 g/mol. The number of benzene rings is 1. The van der Waals surface area contributed by atoms with Crippen LogP contribution in [-0.2, 0) is 6.42 Å². The molecule has 0 bridgehead atoms. The number of nitrogens with one attached hydrogen (secondary N) is 1. The molecule has 0 amide bonds. The van der Waals surface area contributed by atoms with E-state index in [-0.39, 0.29) is 10.6 Å². The van der Waals surface area contributed by atoms with Crippen molar-refractivity contribution in [2.45, 2.75) is 20.3 Å². The van der Waals surface area contributed by atoms with Crippen molar-refractivity contribution in [3.05, 3.63) is 50.7 Å². The molecule has 1 heterocycles. The van der Waals surface area contributed by atoms with Crippen molar-refractivity contribution < 1.29 is 4.39 Å². The molecule has 0 fully saturated rings. The average Bonchev–Trinajstić information content (AvgIpc) is 2.36. The zero-order valence-corrected chi connectivity index (χ0v) is 10.8. The number of hydrogen-bond acceptors (Lipinski definition) is 2. The maximum Gasteiger partial charge on any atom is 0.254 e. The molecule has 0 radical (unpaired) electrons. The number of rotatable bonds is 2. The Hall–Kier alpha value is -1.68. The third-order valence-electron chi connectivity index (χ3n) is 2.78. The van der Waals surface area contributed by atoms with E-state index in [0.717, 1.165) is 5.69 Å². The Bertz CT molecular complexity index is 652. The summed E-state index contributed by atoms with van der Waals surface area (Å²) >= 11 is 5.71. The highest BCUT2D eigenvalue weighted by Gasteiger charge is 2.09. The van der Waals surface area contributed by atoms with E-state index in [1.807, 2.05) is 6.92 Å². The fraction of sp³-hybridized carbons (Fsp3) is 0.231. The van der Waals surface area contributed by atoms with E-state index in [4.69, 9.17) is 11.6 Å². The number of halogens is 2. The molecule has 3 nitrogen and oxygen atoms in total. The van der Waals surface area contributed by atoms with Crippen LogP contribution in [0.5, 0.6) is 0 Å². The normalized spacial score (nSPS) is 10.7. The van der Waals surface area contributed by atoms with Gasteiger partial charge < -0.3 is 4.98 Å². The predicted molar refractivity (Wildman–Crippen MR) is 69.4 cm³/mol. The Balaban J connectivity index is 2.60. The second-order valence-corrected chi connectivity index (χ2v) is 4.38. The van der Waals surface area contributed by atoms with Crippen LogP contribution in [0.15, 0.2) is 23.0 Å². The molecule has 18 heavy (non-hydrogen) atoms. The van der Waals surface area contributed by atoms with E-state index in [1.54, 1.807) is 6.92 Å². The summed E-state index contributed by atoms with van der Waals surface area (Å²) in [5, 5.41) is 0.00812. The number of aromatic nitrogens is 2. The summed E-state index contributed by atoms with van der Waals surface area (Å²) in [6, 6.07) is 4.24. The highest BCUT2D eigenvalue weighted by atomic mass is 35.5. The van der Waals surface area contributed by atoms with Gasteiger partial charge in [0.25, 0.3) is 5.56 Å². The molecule has 5 heteroatoms. The van der Waals surface area contributed by atoms with E-state index in [0.29, 0.717) is 23.4 Å². The molecule has 2 rings (SSSR count). The fourth-order valence-electron chi connectivity index (χ4n) is 1.70. The SMILES string of the molecule is CCc1nc(-c2ccc(F)c(Cl)c2)[nH]c(=O)c1C. The van der Waals surface area contributed by atoms with Crippen LogP contribution in [0.2, 0.25) is 5.02 Å². The highest BCUT2D eigenvalue weighted by Crippen LogP contribution is 2.22. The zero-order chi connectivity index (χ0) is 13.3. The van der Waals surface area contributed by atoms with Gasteiger partial charge in [-0.2, -0.15) is 0 Å². The Morgan fingerprint density at radius 3 is 2.78 bits per heavy atom. The minimum atomic E-state index is -0.495.